The van der Waals surface area contributed by atoms with Gasteiger partial charge in [-0.2, -0.15) is 0 Å². The molecule has 1 aromatic rings. The minimum absolute atomic E-state index is 0.0893. The fourth-order valence-electron chi connectivity index (χ4n) is 2.15. The van der Waals surface area contributed by atoms with E-state index in [1.54, 1.807) is 4.90 Å². The molecular formula is C15H24N2O2. The van der Waals surface area contributed by atoms with Gasteiger partial charge in [-0.15, -0.1) is 0 Å². The summed E-state index contributed by atoms with van der Waals surface area (Å²) in [7, 11) is 1.81. The van der Waals surface area contributed by atoms with Gasteiger partial charge in [-0.25, -0.2) is 0 Å². The minimum atomic E-state index is 0.0893. The van der Waals surface area contributed by atoms with Crippen LogP contribution in [0.1, 0.15) is 44.6 Å². The molecule has 19 heavy (non-hydrogen) atoms. The molecule has 0 spiro atoms. The predicted molar refractivity (Wildman–Crippen MR) is 74.8 cm³/mol. The highest BCUT2D eigenvalue weighted by Gasteiger charge is 2.36. The minimum Gasteiger partial charge on any atom is -0.464 e. The Morgan fingerprint density at radius 3 is 2.79 bits per heavy atom. The summed E-state index contributed by atoms with van der Waals surface area (Å²) in [5.74, 6) is 3.37. The van der Waals surface area contributed by atoms with E-state index in [0.29, 0.717) is 25.0 Å². The van der Waals surface area contributed by atoms with E-state index in [1.807, 2.05) is 33.0 Å². The van der Waals surface area contributed by atoms with Crippen LogP contribution in [-0.4, -0.2) is 30.4 Å². The average molecular weight is 264 g/mol. The van der Waals surface area contributed by atoms with Gasteiger partial charge in [-0.3, -0.25) is 4.79 Å². The molecule has 2 rings (SSSR count). The monoisotopic (exact) mass is 264 g/mol. The van der Waals surface area contributed by atoms with E-state index in [0.717, 1.165) is 17.4 Å². The highest BCUT2D eigenvalue weighted by Crippen LogP contribution is 2.47. The summed E-state index contributed by atoms with van der Waals surface area (Å²) in [5, 5.41) is 3.13. The van der Waals surface area contributed by atoms with E-state index in [9.17, 15) is 4.79 Å². The molecule has 0 radical (unpaired) electrons. The molecule has 106 valence electrons. The van der Waals surface area contributed by atoms with Crippen molar-refractivity contribution in [2.45, 2.75) is 45.7 Å². The van der Waals surface area contributed by atoms with E-state index in [-0.39, 0.29) is 5.91 Å². The molecule has 1 amide bonds. The van der Waals surface area contributed by atoms with Gasteiger partial charge >= 0.3 is 0 Å². The zero-order valence-electron chi connectivity index (χ0n) is 12.3. The van der Waals surface area contributed by atoms with Crippen molar-refractivity contribution >= 4 is 5.91 Å². The Balaban J connectivity index is 1.82. The van der Waals surface area contributed by atoms with Crippen molar-refractivity contribution in [2.75, 3.05) is 13.6 Å². The van der Waals surface area contributed by atoms with Gasteiger partial charge in [-0.05, 0) is 24.5 Å². The Kier molecular flexibility index (Phi) is 4.30. The van der Waals surface area contributed by atoms with Gasteiger partial charge in [0, 0.05) is 19.0 Å². The van der Waals surface area contributed by atoms with Gasteiger partial charge < -0.3 is 14.6 Å². The molecule has 1 aromatic heterocycles. The van der Waals surface area contributed by atoms with E-state index in [2.05, 4.69) is 12.2 Å². The molecule has 2 atom stereocenters. The van der Waals surface area contributed by atoms with Gasteiger partial charge in [0.05, 0.1) is 13.1 Å². The Labute approximate surface area is 115 Å². The third kappa shape index (κ3) is 3.83. The van der Waals surface area contributed by atoms with Crippen LogP contribution in [0.5, 0.6) is 0 Å². The second kappa shape index (κ2) is 5.78. The molecule has 1 aliphatic carbocycles. The zero-order chi connectivity index (χ0) is 14.0. The molecule has 0 saturated heterocycles. The maximum absolute atomic E-state index is 11.9. The van der Waals surface area contributed by atoms with E-state index < -0.39 is 0 Å². The van der Waals surface area contributed by atoms with Crippen LogP contribution < -0.4 is 5.32 Å². The molecule has 0 aromatic carbocycles. The van der Waals surface area contributed by atoms with Crippen LogP contribution in [0.2, 0.25) is 0 Å². The lowest BCUT2D eigenvalue weighted by atomic mass is 10.3. The average Bonchev–Trinajstić information content (AvgIpc) is 2.89. The first-order chi connectivity index (χ1) is 8.97. The molecule has 1 fully saturated rings. The summed E-state index contributed by atoms with van der Waals surface area (Å²) in [4.78, 5) is 13.6. The fraction of sp³-hybridized carbons (Fsp3) is 0.667. The number of furan rings is 1. The largest absolute Gasteiger partial charge is 0.464 e. The zero-order valence-corrected chi connectivity index (χ0v) is 12.3. The molecule has 1 heterocycles. The standard InChI is InChI=1S/C15H24N2O2/c1-10(2)16-8-15(18)17(4)9-12-5-6-14(19-12)13-7-11(13)3/h5-6,10-11,13,16H,7-9H2,1-4H3. The lowest BCUT2D eigenvalue weighted by Crippen LogP contribution is -2.37. The van der Waals surface area contributed by atoms with Crippen molar-refractivity contribution in [1.29, 1.82) is 0 Å². The van der Waals surface area contributed by atoms with E-state index >= 15 is 0 Å². The van der Waals surface area contributed by atoms with Crippen LogP contribution in [-0.2, 0) is 11.3 Å². The normalized spacial score (nSPS) is 21.7. The second-order valence-corrected chi connectivity index (χ2v) is 5.91. The van der Waals surface area contributed by atoms with Crippen LogP contribution in [0.15, 0.2) is 16.5 Å². The van der Waals surface area contributed by atoms with E-state index in [1.165, 1.54) is 6.42 Å². The van der Waals surface area contributed by atoms with Crippen LogP contribution in [0.4, 0.5) is 0 Å². The van der Waals surface area contributed by atoms with Crippen LogP contribution in [0.25, 0.3) is 0 Å². The lowest BCUT2D eigenvalue weighted by Gasteiger charge is -2.17. The molecule has 2 unspecified atom stereocenters. The fourth-order valence-corrected chi connectivity index (χ4v) is 2.15. The highest BCUT2D eigenvalue weighted by atomic mass is 16.3. The van der Waals surface area contributed by atoms with Crippen molar-refractivity contribution in [3.05, 3.63) is 23.7 Å². The topological polar surface area (TPSA) is 45.5 Å². The Hall–Kier alpha value is -1.29. The van der Waals surface area contributed by atoms with Gasteiger partial charge in [-0.1, -0.05) is 20.8 Å². The molecule has 1 N–H and O–H groups in total. The number of likely N-dealkylation sites (N-methyl/N-ethyl adjacent to an activating group) is 1. The molecule has 4 nitrogen and oxygen atoms in total. The lowest BCUT2D eigenvalue weighted by molar-refractivity contribution is -0.129. The third-order valence-corrected chi connectivity index (χ3v) is 3.64. The molecule has 1 saturated carbocycles. The van der Waals surface area contributed by atoms with E-state index in [4.69, 9.17) is 4.42 Å². The number of carbonyl (C=O) groups excluding carboxylic acids is 1. The molecule has 0 aliphatic heterocycles. The summed E-state index contributed by atoms with van der Waals surface area (Å²) in [6, 6.07) is 4.36. The Morgan fingerprint density at radius 1 is 1.53 bits per heavy atom. The van der Waals surface area contributed by atoms with Crippen molar-refractivity contribution in [3.8, 4) is 0 Å². The summed E-state index contributed by atoms with van der Waals surface area (Å²) < 4.78 is 5.81. The maximum Gasteiger partial charge on any atom is 0.236 e. The Bertz CT molecular complexity index is 439. The number of rotatable bonds is 6. The molecule has 4 heteroatoms. The van der Waals surface area contributed by atoms with Crippen molar-refractivity contribution in [3.63, 3.8) is 0 Å². The highest BCUT2D eigenvalue weighted by molar-refractivity contribution is 5.77. The first-order valence-electron chi connectivity index (χ1n) is 7.03. The molecule has 1 aliphatic rings. The van der Waals surface area contributed by atoms with Gasteiger partial charge in [0.15, 0.2) is 0 Å². The number of nitrogens with one attached hydrogen (secondary N) is 1. The Morgan fingerprint density at radius 2 is 2.21 bits per heavy atom. The molecular weight excluding hydrogens is 240 g/mol. The van der Waals surface area contributed by atoms with Crippen molar-refractivity contribution < 1.29 is 9.21 Å². The van der Waals surface area contributed by atoms with Crippen molar-refractivity contribution in [1.82, 2.24) is 10.2 Å². The molecule has 0 bridgehead atoms. The number of hydrogen-bond donors (Lipinski definition) is 1. The first kappa shape index (κ1) is 14.1. The van der Waals surface area contributed by atoms with Crippen LogP contribution in [0.3, 0.4) is 0 Å². The van der Waals surface area contributed by atoms with Crippen molar-refractivity contribution in [2.24, 2.45) is 5.92 Å². The summed E-state index contributed by atoms with van der Waals surface area (Å²) >= 11 is 0. The number of hydrogen-bond acceptors (Lipinski definition) is 3. The quantitative estimate of drug-likeness (QED) is 0.858. The van der Waals surface area contributed by atoms with Gasteiger partial charge in [0.2, 0.25) is 5.91 Å². The SMILES string of the molecule is CC(C)NCC(=O)N(C)Cc1ccc(C2CC2C)o1. The number of nitrogens with zero attached hydrogens (tertiary/aromatic N) is 1. The van der Waals surface area contributed by atoms with Crippen LogP contribution in [0, 0.1) is 5.92 Å². The number of carbonyl (C=O) groups is 1. The first-order valence-corrected chi connectivity index (χ1v) is 7.03. The smallest absolute Gasteiger partial charge is 0.236 e. The summed E-state index contributed by atoms with van der Waals surface area (Å²) in [6.45, 7) is 7.22. The number of amides is 1. The predicted octanol–water partition coefficient (Wildman–Crippen LogP) is 2.36. The second-order valence-electron chi connectivity index (χ2n) is 5.91. The summed E-state index contributed by atoms with van der Waals surface area (Å²) in [6.07, 6.45) is 1.22. The van der Waals surface area contributed by atoms with Crippen LogP contribution >= 0.6 is 0 Å². The third-order valence-electron chi connectivity index (χ3n) is 3.64. The maximum atomic E-state index is 11.9. The van der Waals surface area contributed by atoms with Gasteiger partial charge in [0.1, 0.15) is 11.5 Å². The van der Waals surface area contributed by atoms with Gasteiger partial charge in [0.25, 0.3) is 0 Å². The summed E-state index contributed by atoms with van der Waals surface area (Å²) in [5.41, 5.74) is 0.